The molecule has 0 aliphatic carbocycles. The molecule has 160 valence electrons. The molecule has 3 aromatic carbocycles. The van der Waals surface area contributed by atoms with Gasteiger partial charge in [-0.15, -0.1) is 0 Å². The molecule has 0 saturated carbocycles. The number of fused-ring (bicyclic) bond motifs is 1. The van der Waals surface area contributed by atoms with E-state index in [1.54, 1.807) is 47.5 Å². The quantitative estimate of drug-likeness (QED) is 0.442. The molecule has 0 spiro atoms. The Kier molecular flexibility index (Phi) is 5.94. The normalized spacial score (nSPS) is 11.8. The van der Waals surface area contributed by atoms with Gasteiger partial charge in [0.05, 0.1) is 11.6 Å². The highest BCUT2D eigenvalue weighted by Gasteiger charge is 2.25. The smallest absolute Gasteiger partial charge is 0.335 e. The summed E-state index contributed by atoms with van der Waals surface area (Å²) in [6.45, 7) is 2.03. The summed E-state index contributed by atoms with van der Waals surface area (Å²) in [5.41, 5.74) is 1.86. The standard InChI is InChI=1S/C26H21FN2O3/c1-17(19-9-11-23(27)12-10-19)29(16-18-5-4-8-21(13-18)26(31)32)25(30)24-14-20-6-2-3-7-22(20)15-28-24/h2-15,17H,16H2,1H3,(H,31,32)/t17-/m1/s1. The number of hydrogen-bond donors (Lipinski definition) is 1. The molecule has 1 aromatic heterocycles. The molecule has 5 nitrogen and oxygen atoms in total. The second kappa shape index (κ2) is 8.98. The van der Waals surface area contributed by atoms with Crippen molar-refractivity contribution in [1.82, 2.24) is 9.88 Å². The number of rotatable bonds is 6. The van der Waals surface area contributed by atoms with E-state index in [1.807, 2.05) is 31.2 Å². The Morgan fingerprint density at radius 1 is 0.969 bits per heavy atom. The van der Waals surface area contributed by atoms with Crippen molar-refractivity contribution in [3.05, 3.63) is 113 Å². The monoisotopic (exact) mass is 428 g/mol. The van der Waals surface area contributed by atoms with Crippen molar-refractivity contribution < 1.29 is 19.1 Å². The lowest BCUT2D eigenvalue weighted by atomic mass is 10.0. The number of pyridine rings is 1. The molecular formula is C26H21FN2O3. The molecule has 6 heteroatoms. The van der Waals surface area contributed by atoms with Crippen LogP contribution >= 0.6 is 0 Å². The first-order chi connectivity index (χ1) is 15.4. The van der Waals surface area contributed by atoms with Gasteiger partial charge in [0.1, 0.15) is 11.5 Å². The number of aromatic nitrogens is 1. The lowest BCUT2D eigenvalue weighted by molar-refractivity contribution is 0.0668. The van der Waals surface area contributed by atoms with Crippen molar-refractivity contribution in [3.8, 4) is 0 Å². The average molecular weight is 428 g/mol. The predicted molar refractivity (Wildman–Crippen MR) is 120 cm³/mol. The largest absolute Gasteiger partial charge is 0.478 e. The minimum absolute atomic E-state index is 0.146. The van der Waals surface area contributed by atoms with E-state index in [9.17, 15) is 19.1 Å². The van der Waals surface area contributed by atoms with E-state index in [0.29, 0.717) is 5.56 Å². The predicted octanol–water partition coefficient (Wildman–Crippen LogP) is 5.48. The molecule has 0 saturated heterocycles. The van der Waals surface area contributed by atoms with E-state index in [2.05, 4.69) is 4.98 Å². The maximum Gasteiger partial charge on any atom is 0.335 e. The molecule has 0 radical (unpaired) electrons. The van der Waals surface area contributed by atoms with Gasteiger partial charge in [0.2, 0.25) is 0 Å². The number of amides is 1. The number of aromatic carboxylic acids is 1. The van der Waals surface area contributed by atoms with Crippen LogP contribution in [0.5, 0.6) is 0 Å². The molecule has 1 atom stereocenters. The van der Waals surface area contributed by atoms with E-state index < -0.39 is 12.0 Å². The fraction of sp³-hybridized carbons (Fsp3) is 0.115. The topological polar surface area (TPSA) is 70.5 Å². The van der Waals surface area contributed by atoms with Crippen LogP contribution in [0.3, 0.4) is 0 Å². The van der Waals surface area contributed by atoms with Crippen LogP contribution in [0.1, 0.15) is 44.9 Å². The first kappa shape index (κ1) is 21.2. The van der Waals surface area contributed by atoms with E-state index in [0.717, 1.165) is 16.3 Å². The molecule has 1 amide bonds. The molecule has 0 unspecified atom stereocenters. The van der Waals surface area contributed by atoms with Gasteiger partial charge in [-0.05, 0) is 53.8 Å². The Morgan fingerprint density at radius 3 is 2.41 bits per heavy atom. The van der Waals surface area contributed by atoms with Crippen molar-refractivity contribution >= 4 is 22.6 Å². The van der Waals surface area contributed by atoms with Gasteiger partial charge in [-0.2, -0.15) is 0 Å². The van der Waals surface area contributed by atoms with E-state index in [1.165, 1.54) is 18.2 Å². The minimum atomic E-state index is -1.03. The summed E-state index contributed by atoms with van der Waals surface area (Å²) in [5, 5.41) is 11.1. The Bertz CT molecular complexity index is 1290. The van der Waals surface area contributed by atoms with Crippen LogP contribution in [0.15, 0.2) is 85.1 Å². The molecule has 0 bridgehead atoms. The molecule has 1 N–H and O–H groups in total. The maximum absolute atomic E-state index is 13.6. The van der Waals surface area contributed by atoms with Crippen LogP contribution in [-0.2, 0) is 6.54 Å². The lowest BCUT2D eigenvalue weighted by Crippen LogP contribution is -2.33. The van der Waals surface area contributed by atoms with Crippen molar-refractivity contribution in [2.45, 2.75) is 19.5 Å². The van der Waals surface area contributed by atoms with Gasteiger partial charge >= 0.3 is 5.97 Å². The number of benzene rings is 3. The third-order valence-electron chi connectivity index (χ3n) is 5.46. The summed E-state index contributed by atoms with van der Waals surface area (Å²) in [5.74, 6) is -1.69. The van der Waals surface area contributed by atoms with E-state index in [4.69, 9.17) is 0 Å². The van der Waals surface area contributed by atoms with Crippen molar-refractivity contribution in [2.24, 2.45) is 0 Å². The molecule has 0 fully saturated rings. The zero-order chi connectivity index (χ0) is 22.7. The summed E-state index contributed by atoms with van der Waals surface area (Å²) in [6, 6.07) is 21.5. The Labute approximate surface area is 184 Å². The molecule has 0 aliphatic rings. The molecule has 0 aliphatic heterocycles. The number of carbonyl (C=O) groups is 2. The summed E-state index contributed by atoms with van der Waals surface area (Å²) in [4.78, 5) is 30.9. The highest BCUT2D eigenvalue weighted by atomic mass is 19.1. The fourth-order valence-electron chi connectivity index (χ4n) is 3.65. The third-order valence-corrected chi connectivity index (χ3v) is 5.46. The van der Waals surface area contributed by atoms with Crippen LogP contribution in [0, 0.1) is 5.82 Å². The minimum Gasteiger partial charge on any atom is -0.478 e. The Balaban J connectivity index is 1.73. The van der Waals surface area contributed by atoms with Crippen LogP contribution < -0.4 is 0 Å². The first-order valence-electron chi connectivity index (χ1n) is 10.2. The SMILES string of the molecule is C[C@H](c1ccc(F)cc1)N(Cc1cccc(C(=O)O)c1)C(=O)c1cc2ccccc2cn1. The third kappa shape index (κ3) is 4.49. The van der Waals surface area contributed by atoms with Gasteiger partial charge in [0.15, 0.2) is 0 Å². The highest BCUT2D eigenvalue weighted by molar-refractivity contribution is 5.96. The Morgan fingerprint density at radius 2 is 1.69 bits per heavy atom. The molecule has 1 heterocycles. The molecule has 32 heavy (non-hydrogen) atoms. The second-order valence-corrected chi connectivity index (χ2v) is 7.58. The van der Waals surface area contributed by atoms with Gasteiger partial charge in [0, 0.05) is 18.1 Å². The van der Waals surface area contributed by atoms with Gasteiger partial charge < -0.3 is 10.0 Å². The van der Waals surface area contributed by atoms with Gasteiger partial charge in [-0.1, -0.05) is 48.5 Å². The van der Waals surface area contributed by atoms with Gasteiger partial charge in [0.25, 0.3) is 5.91 Å². The van der Waals surface area contributed by atoms with Gasteiger partial charge in [-0.3, -0.25) is 9.78 Å². The van der Waals surface area contributed by atoms with Crippen LogP contribution in [0.4, 0.5) is 4.39 Å². The number of carboxylic acid groups (broad SMARTS) is 1. The summed E-state index contributed by atoms with van der Waals surface area (Å²) in [7, 11) is 0. The molecule has 4 rings (SSSR count). The highest BCUT2D eigenvalue weighted by Crippen LogP contribution is 2.26. The Hall–Kier alpha value is -4.06. The van der Waals surface area contributed by atoms with Crippen LogP contribution in [0.25, 0.3) is 10.8 Å². The first-order valence-corrected chi connectivity index (χ1v) is 10.2. The number of nitrogens with zero attached hydrogens (tertiary/aromatic N) is 2. The maximum atomic E-state index is 13.6. The summed E-state index contributed by atoms with van der Waals surface area (Å²) in [6.07, 6.45) is 1.66. The fourth-order valence-corrected chi connectivity index (χ4v) is 3.65. The number of carbonyl (C=O) groups excluding carboxylic acids is 1. The number of carboxylic acids is 1. The average Bonchev–Trinajstić information content (AvgIpc) is 2.82. The molecular weight excluding hydrogens is 407 g/mol. The summed E-state index contributed by atoms with van der Waals surface area (Å²) >= 11 is 0. The van der Waals surface area contributed by atoms with Crippen LogP contribution in [-0.4, -0.2) is 26.9 Å². The summed E-state index contributed by atoms with van der Waals surface area (Å²) < 4.78 is 13.4. The second-order valence-electron chi connectivity index (χ2n) is 7.58. The van der Waals surface area contributed by atoms with E-state index in [-0.39, 0.29) is 29.5 Å². The number of hydrogen-bond acceptors (Lipinski definition) is 3. The van der Waals surface area contributed by atoms with Crippen LogP contribution in [0.2, 0.25) is 0 Å². The number of halogens is 1. The van der Waals surface area contributed by atoms with Crippen molar-refractivity contribution in [1.29, 1.82) is 0 Å². The van der Waals surface area contributed by atoms with Crippen molar-refractivity contribution in [2.75, 3.05) is 0 Å². The van der Waals surface area contributed by atoms with E-state index >= 15 is 0 Å². The van der Waals surface area contributed by atoms with Crippen molar-refractivity contribution in [3.63, 3.8) is 0 Å². The zero-order valence-electron chi connectivity index (χ0n) is 17.4. The molecule has 4 aromatic rings. The lowest BCUT2D eigenvalue weighted by Gasteiger charge is -2.30. The van der Waals surface area contributed by atoms with Gasteiger partial charge in [-0.25, -0.2) is 9.18 Å². The zero-order valence-corrected chi connectivity index (χ0v) is 17.4.